The molecule has 12 rings (SSSR count). The molecule has 0 aliphatic rings. The number of benzene rings is 6. The smallest absolute Gasteiger partial charge is 0.200 e. The second-order valence-corrected chi connectivity index (χ2v) is 15.8. The summed E-state index contributed by atoms with van der Waals surface area (Å²) >= 11 is 0. The number of hydrogen-bond donors (Lipinski definition) is 0. The van der Waals surface area contributed by atoms with Crippen molar-refractivity contribution in [2.24, 2.45) is 0 Å². The fourth-order valence-corrected chi connectivity index (χ4v) is 9.01. The molecular weight excluding hydrogens is 886 g/mol. The molecule has 0 bridgehead atoms. The van der Waals surface area contributed by atoms with Gasteiger partial charge >= 0.3 is 0 Å². The van der Waals surface area contributed by atoms with Gasteiger partial charge in [0.25, 0.3) is 0 Å². The summed E-state index contributed by atoms with van der Waals surface area (Å²) in [5, 5.41) is 13.5. The summed E-state index contributed by atoms with van der Waals surface area (Å²) in [7, 11) is 0. The summed E-state index contributed by atoms with van der Waals surface area (Å²) in [5.74, 6) is -9.43. The van der Waals surface area contributed by atoms with Crippen LogP contribution >= 0.6 is 0 Å². The van der Waals surface area contributed by atoms with E-state index in [1.165, 1.54) is 12.1 Å². The van der Waals surface area contributed by atoms with Crippen LogP contribution in [-0.2, 0) is 0 Å². The first kappa shape index (κ1) is 40.9. The molecule has 16 heteroatoms. The Balaban J connectivity index is 1.29. The van der Waals surface area contributed by atoms with Gasteiger partial charge in [-0.05, 0) is 60.7 Å². The third kappa shape index (κ3) is 6.55. The van der Waals surface area contributed by atoms with E-state index in [1.807, 2.05) is 48.5 Å². The molecule has 0 amide bonds. The zero-order valence-corrected chi connectivity index (χ0v) is 35.3. The minimum absolute atomic E-state index is 0.0205. The Bertz CT molecular complexity index is 3640. The van der Waals surface area contributed by atoms with Crippen LogP contribution in [0.25, 0.3) is 112 Å². The second kappa shape index (κ2) is 16.1. The van der Waals surface area contributed by atoms with Gasteiger partial charge in [0.2, 0.25) is 5.82 Å². The van der Waals surface area contributed by atoms with Crippen LogP contribution in [0.2, 0.25) is 0 Å². The summed E-state index contributed by atoms with van der Waals surface area (Å²) in [5.41, 5.74) is 1.94. The van der Waals surface area contributed by atoms with Gasteiger partial charge in [-0.1, -0.05) is 48.5 Å². The van der Waals surface area contributed by atoms with E-state index in [-0.39, 0.29) is 16.9 Å². The highest BCUT2D eigenvalue weighted by atomic mass is 19.2. The van der Waals surface area contributed by atoms with Crippen LogP contribution in [0.4, 0.5) is 22.0 Å². The van der Waals surface area contributed by atoms with Crippen molar-refractivity contribution in [1.29, 1.82) is 5.26 Å². The number of nitrogens with zero attached hydrogens (tertiary/aromatic N) is 11. The molecule has 11 nitrogen and oxygen atoms in total. The van der Waals surface area contributed by atoms with Crippen LogP contribution in [0.5, 0.6) is 0 Å². The average molecular weight is 912 g/mol. The minimum atomic E-state index is -2.33. The molecule has 69 heavy (non-hydrogen) atoms. The number of fused-ring (bicyclic) bond motifs is 6. The Morgan fingerprint density at radius 3 is 0.899 bits per heavy atom. The molecular formula is C53H26F5N11. The SMILES string of the molecule is N#Cc1cc(-n2c3cc(-c4ncccn4)ccc3c3ccc(-c4ncccn4)cc32)c(-c2c(F)c(F)c(F)c(F)c2F)c(-n2c3cc(-c4ncccn4)ccc3c3ccc(-c4ncccn4)cc32)c1. The monoisotopic (exact) mass is 911 g/mol. The quantitative estimate of drug-likeness (QED) is 0.0869. The van der Waals surface area contributed by atoms with Crippen LogP contribution in [0.3, 0.4) is 0 Å². The minimum Gasteiger partial charge on any atom is -0.308 e. The maximum absolute atomic E-state index is 17.0. The van der Waals surface area contributed by atoms with Crippen molar-refractivity contribution in [3.63, 3.8) is 0 Å². The highest BCUT2D eigenvalue weighted by Crippen LogP contribution is 2.46. The van der Waals surface area contributed by atoms with E-state index in [2.05, 4.69) is 45.9 Å². The van der Waals surface area contributed by atoms with E-state index in [1.54, 1.807) is 107 Å². The number of halogens is 5. The van der Waals surface area contributed by atoms with Gasteiger partial charge in [-0.25, -0.2) is 61.8 Å². The third-order valence-electron chi connectivity index (χ3n) is 12.0. The summed E-state index contributed by atoms with van der Waals surface area (Å²) in [4.78, 5) is 35.6. The molecule has 0 N–H and O–H groups in total. The first-order valence-electron chi connectivity index (χ1n) is 21.1. The molecule has 0 unspecified atom stereocenters. The Labute approximate surface area is 386 Å². The summed E-state index contributed by atoms with van der Waals surface area (Å²) in [6.45, 7) is 0. The van der Waals surface area contributed by atoms with Crippen molar-refractivity contribution in [1.82, 2.24) is 49.0 Å². The van der Waals surface area contributed by atoms with Gasteiger partial charge in [-0.3, -0.25) is 0 Å². The first-order valence-corrected chi connectivity index (χ1v) is 21.1. The van der Waals surface area contributed by atoms with Crippen LogP contribution in [0.15, 0.2) is 159 Å². The van der Waals surface area contributed by atoms with Gasteiger partial charge in [0, 0.05) is 98.9 Å². The van der Waals surface area contributed by atoms with E-state index in [9.17, 15) is 5.26 Å². The molecule has 0 aliphatic carbocycles. The molecule has 0 fully saturated rings. The Morgan fingerprint density at radius 1 is 0.348 bits per heavy atom. The molecule has 0 atom stereocenters. The molecule has 0 spiro atoms. The second-order valence-electron chi connectivity index (χ2n) is 15.8. The highest BCUT2D eigenvalue weighted by Gasteiger charge is 2.33. The average Bonchev–Trinajstić information content (AvgIpc) is 3.91. The molecule has 0 radical (unpaired) electrons. The van der Waals surface area contributed by atoms with Crippen molar-refractivity contribution >= 4 is 43.6 Å². The summed E-state index contributed by atoms with van der Waals surface area (Å²) in [6.07, 6.45) is 12.6. The number of hydrogen-bond acceptors (Lipinski definition) is 9. The molecule has 0 saturated carbocycles. The first-order chi connectivity index (χ1) is 33.8. The number of rotatable bonds is 7. The maximum atomic E-state index is 17.0. The van der Waals surface area contributed by atoms with Gasteiger partial charge in [0.05, 0.1) is 50.6 Å². The highest BCUT2D eigenvalue weighted by molar-refractivity contribution is 6.14. The van der Waals surface area contributed by atoms with Crippen LogP contribution in [0.1, 0.15) is 5.56 Å². The van der Waals surface area contributed by atoms with Crippen molar-refractivity contribution in [3.05, 3.63) is 193 Å². The van der Waals surface area contributed by atoms with Crippen molar-refractivity contribution in [3.8, 4) is 74.1 Å². The molecule has 6 heterocycles. The topological polar surface area (TPSA) is 137 Å². The number of aromatic nitrogens is 10. The van der Waals surface area contributed by atoms with E-state index >= 15 is 22.0 Å². The van der Waals surface area contributed by atoms with E-state index in [0.29, 0.717) is 89.2 Å². The largest absolute Gasteiger partial charge is 0.308 e. The van der Waals surface area contributed by atoms with E-state index in [4.69, 9.17) is 0 Å². The van der Waals surface area contributed by atoms with E-state index < -0.39 is 40.2 Å². The van der Waals surface area contributed by atoms with Gasteiger partial charge in [0.1, 0.15) is 0 Å². The number of nitriles is 1. The van der Waals surface area contributed by atoms with Crippen LogP contribution in [0, 0.1) is 40.4 Å². The predicted molar refractivity (Wildman–Crippen MR) is 249 cm³/mol. The molecule has 0 saturated heterocycles. The Kier molecular flexibility index (Phi) is 9.51. The van der Waals surface area contributed by atoms with Crippen molar-refractivity contribution < 1.29 is 22.0 Å². The Morgan fingerprint density at radius 2 is 0.623 bits per heavy atom. The lowest BCUT2D eigenvalue weighted by Crippen LogP contribution is -2.10. The molecule has 6 aromatic heterocycles. The molecule has 12 aromatic rings. The van der Waals surface area contributed by atoms with Crippen molar-refractivity contribution in [2.75, 3.05) is 0 Å². The van der Waals surface area contributed by atoms with Gasteiger partial charge in [-0.2, -0.15) is 5.26 Å². The molecule has 328 valence electrons. The van der Waals surface area contributed by atoms with Crippen molar-refractivity contribution in [2.45, 2.75) is 0 Å². The normalized spacial score (nSPS) is 11.5. The van der Waals surface area contributed by atoms with Gasteiger partial charge < -0.3 is 9.13 Å². The summed E-state index contributed by atoms with van der Waals surface area (Å²) in [6, 6.07) is 33.3. The van der Waals surface area contributed by atoms with E-state index in [0.717, 1.165) is 0 Å². The fraction of sp³-hybridized carbons (Fsp3) is 0. The lowest BCUT2D eigenvalue weighted by molar-refractivity contribution is 0.381. The third-order valence-corrected chi connectivity index (χ3v) is 12.0. The summed E-state index contributed by atoms with van der Waals surface area (Å²) < 4.78 is 84.3. The zero-order chi connectivity index (χ0) is 46.9. The maximum Gasteiger partial charge on any atom is 0.200 e. The lowest BCUT2D eigenvalue weighted by Gasteiger charge is -2.22. The standard InChI is InChI=1S/C53H26F5N11/c54-45-44(46(55)48(57)49(58)47(45)56)43-41(68-37-23-29(50-60-13-1-14-61-50)5-9-33(37)34-10-6-30(24-38(34)68)51-62-15-2-16-63-51)21-28(27-59)22-42(43)69-39-25-31(52-64-17-3-18-65-52)7-11-35(39)36-12-8-32(26-40(36)69)53-66-19-4-20-67-53/h1-26H. The zero-order valence-electron chi connectivity index (χ0n) is 35.3. The van der Waals surface area contributed by atoms with Gasteiger partial charge in [-0.15, -0.1) is 0 Å². The van der Waals surface area contributed by atoms with Crippen LogP contribution < -0.4 is 0 Å². The fourth-order valence-electron chi connectivity index (χ4n) is 9.01. The Hall–Kier alpha value is -9.62. The predicted octanol–water partition coefficient (Wildman–Crippen LogP) is 11.9. The lowest BCUT2D eigenvalue weighted by atomic mass is 9.96. The van der Waals surface area contributed by atoms with Gasteiger partial charge in [0.15, 0.2) is 46.6 Å². The molecule has 6 aromatic carbocycles. The van der Waals surface area contributed by atoms with Crippen LogP contribution in [-0.4, -0.2) is 49.0 Å². The molecule has 0 aliphatic heterocycles.